The molecular formula is C33H39O3P. The molecule has 0 bridgehead atoms. The first-order valence-corrected chi connectivity index (χ1v) is 14.6. The Kier molecular flexibility index (Phi) is 6.86. The monoisotopic (exact) mass is 514 g/mol. The zero-order chi connectivity index (χ0) is 26.4. The largest absolute Gasteiger partial charge is 0.496 e. The maximum atomic E-state index is 6.32. The average molecular weight is 515 g/mol. The zero-order valence-corrected chi connectivity index (χ0v) is 24.1. The number of benzene rings is 4. The fourth-order valence-electron chi connectivity index (χ4n) is 6.97. The SMILES string of the molecule is CCOC1(OC)CC(C)(C)P(c2ccc3ccccc3c2-c2c(OC)ccc3ccccc23)C(C)(C)C1. The van der Waals surface area contributed by atoms with E-state index in [1.54, 1.807) is 14.2 Å². The summed E-state index contributed by atoms with van der Waals surface area (Å²) in [7, 11) is 2.95. The van der Waals surface area contributed by atoms with Gasteiger partial charge in [-0.25, -0.2) is 0 Å². The van der Waals surface area contributed by atoms with Gasteiger partial charge in [0.2, 0.25) is 0 Å². The van der Waals surface area contributed by atoms with Gasteiger partial charge in [-0.15, -0.1) is 0 Å². The lowest BCUT2D eigenvalue weighted by atomic mass is 9.91. The third kappa shape index (κ3) is 4.46. The highest BCUT2D eigenvalue weighted by atomic mass is 31.1. The first-order chi connectivity index (χ1) is 17.7. The molecule has 1 saturated heterocycles. The number of hydrogen-bond acceptors (Lipinski definition) is 3. The van der Waals surface area contributed by atoms with Crippen LogP contribution in [0.2, 0.25) is 0 Å². The molecule has 0 aliphatic carbocycles. The first kappa shape index (κ1) is 26.2. The van der Waals surface area contributed by atoms with Crippen molar-refractivity contribution in [2.24, 2.45) is 0 Å². The molecule has 0 spiro atoms. The summed E-state index contributed by atoms with van der Waals surface area (Å²) in [4.78, 5) is 0. The molecule has 4 heteroatoms. The van der Waals surface area contributed by atoms with Crippen LogP contribution in [0.15, 0.2) is 72.8 Å². The van der Waals surface area contributed by atoms with Crippen LogP contribution in [0.3, 0.4) is 0 Å². The number of rotatable bonds is 6. The Hall–Kier alpha value is -2.45. The van der Waals surface area contributed by atoms with Crippen molar-refractivity contribution in [1.29, 1.82) is 0 Å². The van der Waals surface area contributed by atoms with E-state index < -0.39 is 13.7 Å². The van der Waals surface area contributed by atoms with Gasteiger partial charge < -0.3 is 14.2 Å². The highest BCUT2D eigenvalue weighted by molar-refractivity contribution is 7.69. The standard InChI is InChI=1S/C33H39O3P/c1-8-36-33(35-7)21-31(2,3)37(32(4,5)22-33)28-20-18-24-14-10-12-16-26(24)30(28)29-25-15-11-9-13-23(25)17-19-27(29)34-6/h9-20H,8,21-22H2,1-7H3. The van der Waals surface area contributed by atoms with Crippen LogP contribution < -0.4 is 10.0 Å². The molecule has 194 valence electrons. The molecule has 4 aromatic rings. The topological polar surface area (TPSA) is 27.7 Å². The Morgan fingerprint density at radius 1 is 0.703 bits per heavy atom. The molecule has 0 unspecified atom stereocenters. The van der Waals surface area contributed by atoms with Gasteiger partial charge >= 0.3 is 0 Å². The molecule has 0 amide bonds. The summed E-state index contributed by atoms with van der Waals surface area (Å²) in [6.07, 6.45) is 1.72. The summed E-state index contributed by atoms with van der Waals surface area (Å²) >= 11 is 0. The normalized spacial score (nSPS) is 22.8. The molecule has 0 aromatic heterocycles. The molecule has 37 heavy (non-hydrogen) atoms. The Balaban J connectivity index is 1.84. The Morgan fingerprint density at radius 3 is 1.78 bits per heavy atom. The van der Waals surface area contributed by atoms with Crippen LogP contribution >= 0.6 is 7.92 Å². The minimum Gasteiger partial charge on any atom is -0.496 e. The summed E-state index contributed by atoms with van der Waals surface area (Å²) in [6, 6.07) is 26.4. The van der Waals surface area contributed by atoms with Gasteiger partial charge in [-0.2, -0.15) is 0 Å². The van der Waals surface area contributed by atoms with Gasteiger partial charge in [0.05, 0.1) is 7.11 Å². The van der Waals surface area contributed by atoms with E-state index in [1.165, 1.54) is 38.0 Å². The number of hydrogen-bond donors (Lipinski definition) is 0. The summed E-state index contributed by atoms with van der Waals surface area (Å²) in [5.41, 5.74) is 2.50. The van der Waals surface area contributed by atoms with Crippen LogP contribution in [-0.4, -0.2) is 36.9 Å². The molecular weight excluding hydrogens is 475 g/mol. The van der Waals surface area contributed by atoms with Crippen molar-refractivity contribution in [2.75, 3.05) is 20.8 Å². The predicted octanol–water partition coefficient (Wildman–Crippen LogP) is 8.51. The molecule has 0 N–H and O–H groups in total. The second-order valence-corrected chi connectivity index (χ2v) is 15.0. The number of ether oxygens (including phenoxy) is 3. The van der Waals surface area contributed by atoms with E-state index >= 15 is 0 Å². The van der Waals surface area contributed by atoms with Crippen molar-refractivity contribution >= 4 is 34.8 Å². The van der Waals surface area contributed by atoms with E-state index in [4.69, 9.17) is 14.2 Å². The molecule has 3 nitrogen and oxygen atoms in total. The van der Waals surface area contributed by atoms with Gasteiger partial charge in [-0.05, 0) is 50.2 Å². The average Bonchev–Trinajstić information content (AvgIpc) is 2.86. The van der Waals surface area contributed by atoms with Crippen LogP contribution in [-0.2, 0) is 9.47 Å². The van der Waals surface area contributed by atoms with Gasteiger partial charge in [0.15, 0.2) is 5.79 Å². The predicted molar refractivity (Wildman–Crippen MR) is 159 cm³/mol. The second-order valence-electron chi connectivity index (χ2n) is 11.4. The molecule has 1 aliphatic heterocycles. The van der Waals surface area contributed by atoms with Crippen LogP contribution in [0, 0.1) is 0 Å². The molecule has 1 heterocycles. The molecule has 1 aliphatic rings. The summed E-state index contributed by atoms with van der Waals surface area (Å²) in [5.74, 6) is 0.355. The molecule has 1 fully saturated rings. The minimum absolute atomic E-state index is 0.0166. The van der Waals surface area contributed by atoms with Crippen LogP contribution in [0.4, 0.5) is 0 Å². The molecule has 4 aromatic carbocycles. The second kappa shape index (κ2) is 9.70. The van der Waals surface area contributed by atoms with Crippen LogP contribution in [0.1, 0.15) is 47.5 Å². The number of methoxy groups -OCH3 is 2. The Labute approximate surface area is 222 Å². The summed E-state index contributed by atoms with van der Waals surface area (Å²) in [5, 5.41) is 6.37. The maximum absolute atomic E-state index is 6.32. The van der Waals surface area contributed by atoms with Crippen molar-refractivity contribution in [3.63, 3.8) is 0 Å². The van der Waals surface area contributed by atoms with Crippen molar-refractivity contribution in [3.05, 3.63) is 72.8 Å². The van der Waals surface area contributed by atoms with Crippen LogP contribution in [0.5, 0.6) is 5.75 Å². The van der Waals surface area contributed by atoms with Crippen molar-refractivity contribution in [3.8, 4) is 16.9 Å². The minimum atomic E-state index is -0.634. The number of fused-ring (bicyclic) bond motifs is 2. The summed E-state index contributed by atoms with van der Waals surface area (Å²) in [6.45, 7) is 12.3. The van der Waals surface area contributed by atoms with Gasteiger partial charge in [-0.1, -0.05) is 102 Å². The van der Waals surface area contributed by atoms with Crippen molar-refractivity contribution in [2.45, 2.75) is 63.6 Å². The van der Waals surface area contributed by atoms with Gasteiger partial charge in [0, 0.05) is 37.7 Å². The molecule has 0 atom stereocenters. The van der Waals surface area contributed by atoms with E-state index in [-0.39, 0.29) is 10.3 Å². The third-order valence-corrected chi connectivity index (χ3v) is 11.5. The quantitative estimate of drug-likeness (QED) is 0.191. The Bertz CT molecular complexity index is 1420. The molecule has 0 radical (unpaired) electrons. The smallest absolute Gasteiger partial charge is 0.169 e. The fourth-order valence-corrected chi connectivity index (χ4v) is 11.4. The van der Waals surface area contributed by atoms with Gasteiger partial charge in [0.25, 0.3) is 0 Å². The lowest BCUT2D eigenvalue weighted by molar-refractivity contribution is -0.237. The van der Waals surface area contributed by atoms with E-state index in [0.29, 0.717) is 6.61 Å². The van der Waals surface area contributed by atoms with Gasteiger partial charge in [0.1, 0.15) is 5.75 Å². The molecule has 0 saturated carbocycles. The lowest BCUT2D eigenvalue weighted by Crippen LogP contribution is -2.54. The fraction of sp³-hybridized carbons (Fsp3) is 0.394. The van der Waals surface area contributed by atoms with E-state index in [1.807, 2.05) is 0 Å². The summed E-state index contributed by atoms with van der Waals surface area (Å²) < 4.78 is 18.5. The van der Waals surface area contributed by atoms with Crippen LogP contribution in [0.25, 0.3) is 32.7 Å². The van der Waals surface area contributed by atoms with Crippen molar-refractivity contribution < 1.29 is 14.2 Å². The first-order valence-electron chi connectivity index (χ1n) is 13.2. The highest BCUT2D eigenvalue weighted by Gasteiger charge is 2.55. The van der Waals surface area contributed by atoms with E-state index in [2.05, 4.69) is 107 Å². The third-order valence-electron chi connectivity index (χ3n) is 7.90. The maximum Gasteiger partial charge on any atom is 0.169 e. The molecule has 5 rings (SSSR count). The zero-order valence-electron chi connectivity index (χ0n) is 23.2. The van der Waals surface area contributed by atoms with E-state index in [0.717, 1.165) is 18.6 Å². The lowest BCUT2D eigenvalue weighted by Gasteiger charge is -2.56. The van der Waals surface area contributed by atoms with E-state index in [9.17, 15) is 0 Å². The van der Waals surface area contributed by atoms with Crippen molar-refractivity contribution in [1.82, 2.24) is 0 Å². The Morgan fingerprint density at radius 2 is 1.24 bits per heavy atom. The van der Waals surface area contributed by atoms with Gasteiger partial charge in [-0.3, -0.25) is 0 Å². The highest BCUT2D eigenvalue weighted by Crippen LogP contribution is 2.68.